The molecule has 0 atom stereocenters. The van der Waals surface area contributed by atoms with E-state index in [1.165, 1.54) is 0 Å². The van der Waals surface area contributed by atoms with Crippen molar-refractivity contribution in [2.45, 2.75) is 38.3 Å². The van der Waals surface area contributed by atoms with Gasteiger partial charge >= 0.3 is 0 Å². The first kappa shape index (κ1) is 10.6. The van der Waals surface area contributed by atoms with Gasteiger partial charge in [0.1, 0.15) is 0 Å². The van der Waals surface area contributed by atoms with E-state index < -0.39 is 5.60 Å². The zero-order chi connectivity index (χ0) is 10.7. The van der Waals surface area contributed by atoms with Crippen molar-refractivity contribution in [3.8, 4) is 0 Å². The van der Waals surface area contributed by atoms with Crippen LogP contribution in [0.3, 0.4) is 0 Å². The van der Waals surface area contributed by atoms with Crippen LogP contribution in [0.5, 0.6) is 0 Å². The van der Waals surface area contributed by atoms with Crippen molar-refractivity contribution in [2.24, 2.45) is 0 Å². The summed E-state index contributed by atoms with van der Waals surface area (Å²) in [5.41, 5.74) is 0.611. The molecule has 0 saturated carbocycles. The summed E-state index contributed by atoms with van der Waals surface area (Å²) in [5.74, 6) is 0. The summed E-state index contributed by atoms with van der Waals surface area (Å²) in [6, 6.07) is 2.00. The second-order valence-electron chi connectivity index (χ2n) is 4.29. The molecule has 15 heavy (non-hydrogen) atoms. The molecule has 0 amide bonds. The number of aromatic nitrogens is 2. The number of piperidine rings is 1. The molecule has 4 nitrogen and oxygen atoms in total. The summed E-state index contributed by atoms with van der Waals surface area (Å²) >= 11 is 0. The van der Waals surface area contributed by atoms with Crippen LogP contribution in [0.25, 0.3) is 0 Å². The Kier molecular flexibility index (Phi) is 3.07. The number of nitrogens with one attached hydrogen (secondary N) is 1. The van der Waals surface area contributed by atoms with Gasteiger partial charge in [-0.05, 0) is 38.9 Å². The Hall–Kier alpha value is -0.870. The van der Waals surface area contributed by atoms with E-state index in [9.17, 15) is 5.11 Å². The molecule has 2 heterocycles. The molecule has 0 unspecified atom stereocenters. The monoisotopic (exact) mass is 209 g/mol. The number of hydrogen-bond donors (Lipinski definition) is 2. The molecule has 1 aliphatic rings. The summed E-state index contributed by atoms with van der Waals surface area (Å²) in [6.45, 7) is 4.77. The lowest BCUT2D eigenvalue weighted by Crippen LogP contribution is -2.43. The number of nitrogens with zero attached hydrogens (tertiary/aromatic N) is 2. The van der Waals surface area contributed by atoms with Gasteiger partial charge in [0.15, 0.2) is 0 Å². The van der Waals surface area contributed by atoms with Gasteiger partial charge in [-0.25, -0.2) is 0 Å². The molecule has 2 rings (SSSR count). The molecule has 0 spiro atoms. The molecule has 1 fully saturated rings. The van der Waals surface area contributed by atoms with Crippen molar-refractivity contribution in [3.05, 3.63) is 18.0 Å². The predicted octanol–water partition coefficient (Wildman–Crippen LogP) is 0.560. The third-order valence-electron chi connectivity index (χ3n) is 3.15. The van der Waals surface area contributed by atoms with E-state index in [-0.39, 0.29) is 0 Å². The molecule has 0 bridgehead atoms. The first-order valence-corrected chi connectivity index (χ1v) is 5.67. The topological polar surface area (TPSA) is 50.1 Å². The molecule has 1 saturated heterocycles. The largest absolute Gasteiger partial charge is 0.389 e. The highest BCUT2D eigenvalue weighted by Crippen LogP contribution is 2.22. The minimum atomic E-state index is -0.530. The second-order valence-corrected chi connectivity index (χ2v) is 4.29. The molecule has 1 aromatic rings. The molecule has 0 aliphatic carbocycles. The molecule has 0 aromatic carbocycles. The Morgan fingerprint density at radius 2 is 2.27 bits per heavy atom. The standard InChI is InChI=1S/C11H19N3O/c1-2-14-10(3-6-13-14)9-11(15)4-7-12-8-5-11/h3,6,12,15H,2,4-5,7-9H2,1H3. The van der Waals surface area contributed by atoms with Gasteiger partial charge in [0.2, 0.25) is 0 Å². The van der Waals surface area contributed by atoms with Gasteiger partial charge in [0, 0.05) is 24.9 Å². The van der Waals surface area contributed by atoms with E-state index in [0.29, 0.717) is 0 Å². The number of hydrogen-bond acceptors (Lipinski definition) is 3. The summed E-state index contributed by atoms with van der Waals surface area (Å²) in [7, 11) is 0. The van der Waals surface area contributed by atoms with Crippen LogP contribution in [0, 0.1) is 0 Å². The lowest BCUT2D eigenvalue weighted by Gasteiger charge is -2.32. The second kappa shape index (κ2) is 4.33. The van der Waals surface area contributed by atoms with Gasteiger partial charge in [-0.2, -0.15) is 5.10 Å². The molecule has 4 heteroatoms. The Bertz CT molecular complexity index is 315. The first-order valence-electron chi connectivity index (χ1n) is 5.67. The van der Waals surface area contributed by atoms with Gasteiger partial charge < -0.3 is 10.4 Å². The van der Waals surface area contributed by atoms with Gasteiger partial charge in [-0.1, -0.05) is 0 Å². The van der Waals surface area contributed by atoms with Crippen LogP contribution in [0.4, 0.5) is 0 Å². The maximum absolute atomic E-state index is 10.4. The van der Waals surface area contributed by atoms with E-state index in [1.807, 2.05) is 16.9 Å². The molecule has 1 aromatic heterocycles. The fourth-order valence-corrected chi connectivity index (χ4v) is 2.20. The Morgan fingerprint density at radius 3 is 2.93 bits per heavy atom. The van der Waals surface area contributed by atoms with Crippen molar-refractivity contribution in [2.75, 3.05) is 13.1 Å². The zero-order valence-corrected chi connectivity index (χ0v) is 9.24. The zero-order valence-electron chi connectivity index (χ0n) is 9.24. The first-order chi connectivity index (χ1) is 7.23. The summed E-state index contributed by atoms with van der Waals surface area (Å²) in [6.07, 6.45) is 4.20. The SMILES string of the molecule is CCn1nccc1CC1(O)CCNCC1. The van der Waals surface area contributed by atoms with E-state index in [1.54, 1.807) is 0 Å². The Morgan fingerprint density at radius 1 is 1.53 bits per heavy atom. The number of rotatable bonds is 3. The molecule has 1 aliphatic heterocycles. The summed E-state index contributed by atoms with van der Waals surface area (Å²) < 4.78 is 1.96. The van der Waals surface area contributed by atoms with Crippen molar-refractivity contribution in [1.82, 2.24) is 15.1 Å². The van der Waals surface area contributed by atoms with Crippen LogP contribution in [0.15, 0.2) is 12.3 Å². The van der Waals surface area contributed by atoms with Gasteiger partial charge in [-0.15, -0.1) is 0 Å². The van der Waals surface area contributed by atoms with Gasteiger partial charge in [0.05, 0.1) is 5.60 Å². The highest BCUT2D eigenvalue weighted by atomic mass is 16.3. The number of aliphatic hydroxyl groups is 1. The molecular formula is C11H19N3O. The maximum atomic E-state index is 10.4. The normalized spacial score (nSPS) is 20.4. The van der Waals surface area contributed by atoms with Gasteiger partial charge in [-0.3, -0.25) is 4.68 Å². The van der Waals surface area contributed by atoms with Crippen molar-refractivity contribution in [1.29, 1.82) is 0 Å². The smallest absolute Gasteiger partial charge is 0.0727 e. The summed E-state index contributed by atoms with van der Waals surface area (Å²) in [5, 5.41) is 17.9. The molecule has 2 N–H and O–H groups in total. The lowest BCUT2D eigenvalue weighted by molar-refractivity contribution is 0.00911. The van der Waals surface area contributed by atoms with Crippen LogP contribution >= 0.6 is 0 Å². The quantitative estimate of drug-likeness (QED) is 0.765. The minimum Gasteiger partial charge on any atom is -0.389 e. The fourth-order valence-electron chi connectivity index (χ4n) is 2.20. The van der Waals surface area contributed by atoms with E-state index >= 15 is 0 Å². The third-order valence-corrected chi connectivity index (χ3v) is 3.15. The molecular weight excluding hydrogens is 190 g/mol. The average Bonchev–Trinajstić information content (AvgIpc) is 2.65. The third kappa shape index (κ3) is 2.38. The van der Waals surface area contributed by atoms with Gasteiger partial charge in [0.25, 0.3) is 0 Å². The molecule has 0 radical (unpaired) electrons. The van der Waals surface area contributed by atoms with Crippen LogP contribution < -0.4 is 5.32 Å². The van der Waals surface area contributed by atoms with E-state index in [0.717, 1.165) is 44.6 Å². The maximum Gasteiger partial charge on any atom is 0.0727 e. The van der Waals surface area contributed by atoms with Crippen LogP contribution in [-0.4, -0.2) is 33.6 Å². The van der Waals surface area contributed by atoms with Crippen molar-refractivity contribution in [3.63, 3.8) is 0 Å². The highest BCUT2D eigenvalue weighted by molar-refractivity contribution is 5.06. The van der Waals surface area contributed by atoms with E-state index in [2.05, 4.69) is 17.3 Å². The number of aryl methyl sites for hydroxylation is 1. The highest BCUT2D eigenvalue weighted by Gasteiger charge is 2.30. The van der Waals surface area contributed by atoms with Crippen LogP contribution in [0.2, 0.25) is 0 Å². The Balaban J connectivity index is 2.06. The van der Waals surface area contributed by atoms with Crippen LogP contribution in [-0.2, 0) is 13.0 Å². The predicted molar refractivity (Wildman–Crippen MR) is 58.7 cm³/mol. The minimum absolute atomic E-state index is 0.530. The van der Waals surface area contributed by atoms with Crippen molar-refractivity contribution < 1.29 is 5.11 Å². The lowest BCUT2D eigenvalue weighted by atomic mass is 9.88. The fraction of sp³-hybridized carbons (Fsp3) is 0.727. The molecule has 84 valence electrons. The average molecular weight is 209 g/mol. The Labute approximate surface area is 90.3 Å². The van der Waals surface area contributed by atoms with Crippen LogP contribution in [0.1, 0.15) is 25.5 Å². The van der Waals surface area contributed by atoms with E-state index in [4.69, 9.17) is 0 Å². The summed E-state index contributed by atoms with van der Waals surface area (Å²) in [4.78, 5) is 0. The van der Waals surface area contributed by atoms with Crippen molar-refractivity contribution >= 4 is 0 Å².